The summed E-state index contributed by atoms with van der Waals surface area (Å²) in [4.78, 5) is 19.6. The van der Waals surface area contributed by atoms with Crippen molar-refractivity contribution < 1.29 is 27.8 Å². The number of aliphatic hydroxyl groups excluding tert-OH is 1. The summed E-state index contributed by atoms with van der Waals surface area (Å²) in [5.74, 6) is 0.568. The van der Waals surface area contributed by atoms with Gasteiger partial charge in [0, 0.05) is 24.8 Å². The fourth-order valence-corrected chi connectivity index (χ4v) is 5.76. The molecule has 0 radical (unpaired) electrons. The van der Waals surface area contributed by atoms with Gasteiger partial charge in [-0.15, -0.1) is 0 Å². The zero-order chi connectivity index (χ0) is 28.4. The molecule has 0 aliphatic carbocycles. The third-order valence-electron chi connectivity index (χ3n) is 6.95. The van der Waals surface area contributed by atoms with Crippen molar-refractivity contribution in [2.24, 2.45) is 0 Å². The van der Waals surface area contributed by atoms with Gasteiger partial charge in [0.15, 0.2) is 0 Å². The van der Waals surface area contributed by atoms with Crippen molar-refractivity contribution in [1.82, 2.24) is 14.6 Å². The van der Waals surface area contributed by atoms with E-state index < -0.39 is 27.8 Å². The number of methoxy groups -OCH3 is 1. The Morgan fingerprint density at radius 3 is 2.49 bits per heavy atom. The van der Waals surface area contributed by atoms with Crippen LogP contribution in [0.15, 0.2) is 65.7 Å². The molecule has 1 aliphatic rings. The van der Waals surface area contributed by atoms with Gasteiger partial charge in [0.05, 0.1) is 23.6 Å². The second-order valence-electron chi connectivity index (χ2n) is 10.0. The molecule has 1 aromatic heterocycles. The van der Waals surface area contributed by atoms with Crippen molar-refractivity contribution in [2.75, 3.05) is 13.7 Å². The van der Waals surface area contributed by atoms with Crippen LogP contribution in [0, 0.1) is 0 Å². The van der Waals surface area contributed by atoms with E-state index in [2.05, 4.69) is 9.71 Å². The summed E-state index contributed by atoms with van der Waals surface area (Å²) in [6, 6.07) is 14.5. The highest BCUT2D eigenvalue weighted by molar-refractivity contribution is 7.89. The molecule has 10 heteroatoms. The molecule has 2 atom stereocenters. The number of fused-ring (bicyclic) bond motifs is 1. The van der Waals surface area contributed by atoms with E-state index in [4.69, 9.17) is 9.47 Å². The Labute approximate surface area is 229 Å². The molecular formula is C29H35N3O6S. The minimum atomic E-state index is -4.01. The SMILES string of the molecule is CCc1ccc(S(=O)(=O)NC2c3cc(C(=O)N(CC)Cc4cccc(OC)c4)cnc3OC(C)(C)[C@H]2O)cc1. The highest BCUT2D eigenvalue weighted by atomic mass is 32.2. The average Bonchev–Trinajstić information content (AvgIpc) is 2.93. The Bertz CT molecular complexity index is 1440. The van der Waals surface area contributed by atoms with Crippen molar-refractivity contribution in [3.63, 3.8) is 0 Å². The smallest absolute Gasteiger partial charge is 0.255 e. The number of amides is 1. The van der Waals surface area contributed by atoms with Gasteiger partial charge in [0.1, 0.15) is 17.5 Å². The minimum Gasteiger partial charge on any atom is -0.497 e. The molecule has 0 saturated heterocycles. The first-order chi connectivity index (χ1) is 18.5. The zero-order valence-electron chi connectivity index (χ0n) is 22.8. The van der Waals surface area contributed by atoms with Gasteiger partial charge in [-0.3, -0.25) is 4.79 Å². The first-order valence-electron chi connectivity index (χ1n) is 12.9. The maximum absolute atomic E-state index is 13.5. The predicted octanol–water partition coefficient (Wildman–Crippen LogP) is 3.87. The summed E-state index contributed by atoms with van der Waals surface area (Å²) in [5.41, 5.74) is 1.32. The van der Waals surface area contributed by atoms with Gasteiger partial charge in [-0.1, -0.05) is 31.2 Å². The molecule has 0 fully saturated rings. The van der Waals surface area contributed by atoms with Crippen LogP contribution in [0.25, 0.3) is 0 Å². The topological polar surface area (TPSA) is 118 Å². The monoisotopic (exact) mass is 553 g/mol. The normalized spacial score (nSPS) is 18.1. The van der Waals surface area contributed by atoms with Crippen LogP contribution in [-0.2, 0) is 23.0 Å². The number of hydrogen-bond donors (Lipinski definition) is 2. The molecule has 4 rings (SSSR count). The lowest BCUT2D eigenvalue weighted by Gasteiger charge is -2.41. The van der Waals surface area contributed by atoms with Crippen LogP contribution in [-0.4, -0.2) is 54.7 Å². The Morgan fingerprint density at radius 2 is 1.85 bits per heavy atom. The van der Waals surface area contributed by atoms with Gasteiger partial charge in [-0.2, -0.15) is 0 Å². The number of carbonyl (C=O) groups is 1. The number of hydrogen-bond acceptors (Lipinski definition) is 7. The number of benzene rings is 2. The summed E-state index contributed by atoms with van der Waals surface area (Å²) in [5, 5.41) is 11.2. The van der Waals surface area contributed by atoms with Crippen molar-refractivity contribution in [1.29, 1.82) is 0 Å². The van der Waals surface area contributed by atoms with E-state index in [1.807, 2.05) is 38.1 Å². The number of carbonyl (C=O) groups excluding carboxylic acids is 1. The largest absolute Gasteiger partial charge is 0.497 e. The van der Waals surface area contributed by atoms with Gasteiger partial charge in [0.25, 0.3) is 5.91 Å². The molecule has 1 amide bonds. The van der Waals surface area contributed by atoms with Gasteiger partial charge < -0.3 is 19.5 Å². The number of ether oxygens (including phenoxy) is 2. The van der Waals surface area contributed by atoms with E-state index in [1.165, 1.54) is 18.3 Å². The van der Waals surface area contributed by atoms with Crippen LogP contribution >= 0.6 is 0 Å². The second kappa shape index (κ2) is 11.3. The lowest BCUT2D eigenvalue weighted by molar-refractivity contribution is -0.0632. The summed E-state index contributed by atoms with van der Waals surface area (Å²) in [7, 11) is -2.43. The van der Waals surface area contributed by atoms with Crippen LogP contribution < -0.4 is 14.2 Å². The number of rotatable bonds is 9. The summed E-state index contributed by atoms with van der Waals surface area (Å²) in [6.07, 6.45) is 0.947. The van der Waals surface area contributed by atoms with Gasteiger partial charge in [-0.25, -0.2) is 18.1 Å². The van der Waals surface area contributed by atoms with Crippen LogP contribution in [0.1, 0.15) is 60.8 Å². The van der Waals surface area contributed by atoms with E-state index in [-0.39, 0.29) is 22.2 Å². The Morgan fingerprint density at radius 1 is 1.13 bits per heavy atom. The number of aliphatic hydroxyl groups is 1. The number of nitrogens with zero attached hydrogens (tertiary/aromatic N) is 2. The van der Waals surface area contributed by atoms with Crippen molar-refractivity contribution in [3.05, 3.63) is 83.0 Å². The highest BCUT2D eigenvalue weighted by Gasteiger charge is 2.45. The highest BCUT2D eigenvalue weighted by Crippen LogP contribution is 2.40. The van der Waals surface area contributed by atoms with Crippen molar-refractivity contribution in [3.8, 4) is 11.6 Å². The summed E-state index contributed by atoms with van der Waals surface area (Å²) < 4.78 is 40.5. The van der Waals surface area contributed by atoms with Crippen molar-refractivity contribution >= 4 is 15.9 Å². The molecule has 0 spiro atoms. The number of aryl methyl sites for hydroxylation is 1. The summed E-state index contributed by atoms with van der Waals surface area (Å²) >= 11 is 0. The third kappa shape index (κ3) is 6.08. The van der Waals surface area contributed by atoms with Crippen LogP contribution in [0.4, 0.5) is 0 Å². The first-order valence-corrected chi connectivity index (χ1v) is 14.4. The maximum atomic E-state index is 13.5. The molecular weight excluding hydrogens is 518 g/mol. The number of sulfonamides is 1. The molecule has 2 N–H and O–H groups in total. The second-order valence-corrected chi connectivity index (χ2v) is 11.8. The van der Waals surface area contributed by atoms with Gasteiger partial charge in [0.2, 0.25) is 15.9 Å². The quantitative estimate of drug-likeness (QED) is 0.413. The average molecular weight is 554 g/mol. The van der Waals surface area contributed by atoms with Crippen LogP contribution in [0.5, 0.6) is 11.6 Å². The molecule has 2 heterocycles. The molecule has 3 aromatic rings. The van der Waals surface area contributed by atoms with Crippen molar-refractivity contribution in [2.45, 2.75) is 63.3 Å². The van der Waals surface area contributed by atoms with E-state index >= 15 is 0 Å². The Balaban J connectivity index is 1.66. The Kier molecular flexibility index (Phi) is 8.29. The molecule has 9 nitrogen and oxygen atoms in total. The molecule has 0 bridgehead atoms. The van der Waals surface area contributed by atoms with Gasteiger partial charge in [-0.05, 0) is 68.7 Å². The number of pyridine rings is 1. The molecule has 1 aliphatic heterocycles. The lowest BCUT2D eigenvalue weighted by atomic mass is 9.88. The standard InChI is InChI=1S/C29H35N3O6S/c1-6-19-11-13-23(14-12-19)39(35,36)31-25-24-16-21(17-30-27(24)38-29(3,4)26(25)33)28(34)32(7-2)18-20-9-8-10-22(15-20)37-5/h8-17,25-26,31,33H,6-7,18H2,1-5H3/t25?,26-/m0/s1. The molecule has 2 aromatic carbocycles. The van der Waals surface area contributed by atoms with Crippen LogP contribution in [0.3, 0.4) is 0 Å². The third-order valence-corrected chi connectivity index (χ3v) is 8.41. The molecule has 1 unspecified atom stereocenters. The molecule has 39 heavy (non-hydrogen) atoms. The summed E-state index contributed by atoms with van der Waals surface area (Å²) in [6.45, 7) is 7.96. The van der Waals surface area contributed by atoms with E-state index in [1.54, 1.807) is 44.1 Å². The molecule has 208 valence electrons. The van der Waals surface area contributed by atoms with E-state index in [9.17, 15) is 18.3 Å². The number of aromatic nitrogens is 1. The molecule has 0 saturated carbocycles. The fraction of sp³-hybridized carbons (Fsp3) is 0.379. The zero-order valence-corrected chi connectivity index (χ0v) is 23.7. The number of nitrogens with one attached hydrogen (secondary N) is 1. The van der Waals surface area contributed by atoms with Crippen LogP contribution in [0.2, 0.25) is 0 Å². The van der Waals surface area contributed by atoms with E-state index in [0.717, 1.165) is 17.5 Å². The minimum absolute atomic E-state index is 0.0772. The fourth-order valence-electron chi connectivity index (χ4n) is 4.54. The maximum Gasteiger partial charge on any atom is 0.255 e. The predicted molar refractivity (Wildman–Crippen MR) is 147 cm³/mol. The first kappa shape index (κ1) is 28.5. The van der Waals surface area contributed by atoms with E-state index in [0.29, 0.717) is 24.4 Å². The Hall–Kier alpha value is -3.47. The lowest BCUT2D eigenvalue weighted by Crippen LogP contribution is -2.53. The van der Waals surface area contributed by atoms with Gasteiger partial charge >= 0.3 is 0 Å².